The third-order valence-electron chi connectivity index (χ3n) is 7.75. The molecule has 7 nitrogen and oxygen atoms in total. The van der Waals surface area contributed by atoms with Crippen LogP contribution in [0.4, 0.5) is 10.5 Å². The first-order valence-corrected chi connectivity index (χ1v) is 15.4. The molecule has 230 valence electrons. The van der Waals surface area contributed by atoms with Crippen LogP contribution in [0, 0.1) is 5.41 Å². The van der Waals surface area contributed by atoms with Crippen molar-refractivity contribution in [2.24, 2.45) is 5.41 Å². The van der Waals surface area contributed by atoms with E-state index in [1.165, 1.54) is 11.1 Å². The molecule has 3 rings (SSSR count). The summed E-state index contributed by atoms with van der Waals surface area (Å²) in [7, 11) is 1.67. The molecule has 1 fully saturated rings. The van der Waals surface area contributed by atoms with Gasteiger partial charge in [0.1, 0.15) is 5.75 Å². The van der Waals surface area contributed by atoms with Crippen molar-refractivity contribution in [1.29, 1.82) is 0 Å². The Morgan fingerprint density at radius 3 is 2.14 bits per heavy atom. The van der Waals surface area contributed by atoms with Gasteiger partial charge in [0, 0.05) is 63.5 Å². The molecular weight excluding hydrogens is 524 g/mol. The van der Waals surface area contributed by atoms with Crippen LogP contribution in [0.25, 0.3) is 6.08 Å². The highest BCUT2D eigenvalue weighted by Crippen LogP contribution is 2.32. The molecule has 0 aliphatic carbocycles. The van der Waals surface area contributed by atoms with Gasteiger partial charge in [0.05, 0.1) is 7.11 Å². The molecule has 0 unspecified atom stereocenters. The Kier molecular flexibility index (Phi) is 12.0. The highest BCUT2D eigenvalue weighted by Gasteiger charge is 2.25. The van der Waals surface area contributed by atoms with Crippen molar-refractivity contribution in [3.05, 3.63) is 65.2 Å². The lowest BCUT2D eigenvalue weighted by Crippen LogP contribution is -2.51. The first-order chi connectivity index (χ1) is 19.9. The number of methoxy groups -OCH3 is 1. The van der Waals surface area contributed by atoms with E-state index in [9.17, 15) is 9.59 Å². The van der Waals surface area contributed by atoms with Crippen molar-refractivity contribution >= 4 is 23.7 Å². The predicted molar refractivity (Wildman–Crippen MR) is 174 cm³/mol. The minimum absolute atomic E-state index is 0.0342. The summed E-state index contributed by atoms with van der Waals surface area (Å²) in [4.78, 5) is 32.8. The first kappa shape index (κ1) is 33.2. The number of hydrogen-bond acceptors (Lipinski definition) is 4. The highest BCUT2D eigenvalue weighted by atomic mass is 16.5. The number of carbonyl (C=O) groups is 2. The molecule has 1 heterocycles. The van der Waals surface area contributed by atoms with Gasteiger partial charge in [-0.25, -0.2) is 4.79 Å². The van der Waals surface area contributed by atoms with Crippen LogP contribution < -0.4 is 10.1 Å². The summed E-state index contributed by atoms with van der Waals surface area (Å²) in [6, 6.07) is 14.2. The number of para-hydroxylation sites is 2. The van der Waals surface area contributed by atoms with E-state index in [0.717, 1.165) is 36.6 Å². The molecule has 0 radical (unpaired) electrons. The molecular formula is C35H52N4O3. The van der Waals surface area contributed by atoms with Crippen LogP contribution in [-0.2, 0) is 4.79 Å². The number of piperazine rings is 1. The van der Waals surface area contributed by atoms with Gasteiger partial charge in [-0.3, -0.25) is 9.69 Å². The lowest BCUT2D eigenvalue weighted by molar-refractivity contribution is -0.132. The van der Waals surface area contributed by atoms with Crippen LogP contribution >= 0.6 is 0 Å². The number of hydrogen-bond donors (Lipinski definition) is 1. The normalized spacial score (nSPS) is 14.6. The van der Waals surface area contributed by atoms with Crippen LogP contribution in [0.5, 0.6) is 5.75 Å². The SMILES string of the molecule is COc1ccccc1/C=C/CN(CCN1CCN(C(=O)Nc2c(C(C)C)cccc2C(C)C)CC1)C(=O)CC(C)(C)C. The van der Waals surface area contributed by atoms with Crippen LogP contribution in [0.3, 0.4) is 0 Å². The molecule has 0 aromatic heterocycles. The number of nitrogens with zero attached hydrogens (tertiary/aromatic N) is 3. The van der Waals surface area contributed by atoms with Crippen LogP contribution in [0.1, 0.15) is 83.4 Å². The summed E-state index contributed by atoms with van der Waals surface area (Å²) >= 11 is 0. The number of nitrogens with one attached hydrogen (secondary N) is 1. The monoisotopic (exact) mass is 576 g/mol. The zero-order chi connectivity index (χ0) is 30.9. The quantitative estimate of drug-likeness (QED) is 0.311. The summed E-state index contributed by atoms with van der Waals surface area (Å²) in [6.07, 6.45) is 4.57. The third-order valence-corrected chi connectivity index (χ3v) is 7.75. The van der Waals surface area contributed by atoms with Crippen molar-refractivity contribution < 1.29 is 14.3 Å². The molecule has 3 amide bonds. The van der Waals surface area contributed by atoms with E-state index in [1.807, 2.05) is 46.2 Å². The number of rotatable bonds is 11. The minimum atomic E-state index is -0.0791. The fourth-order valence-electron chi connectivity index (χ4n) is 5.31. The standard InChI is InChI=1S/C35H52N4O3/c1-26(2)29-15-11-16-30(27(3)4)33(29)36-34(41)39-23-20-37(21-24-39)19-22-38(32(40)25-35(5,6)7)18-12-14-28-13-9-10-17-31(28)42-8/h9-17,26-27H,18-25H2,1-8H3,(H,36,41)/b14-12+. The molecule has 1 aliphatic rings. The second-order valence-electron chi connectivity index (χ2n) is 13.1. The Labute approximate surface area is 253 Å². The van der Waals surface area contributed by atoms with Gasteiger partial charge in [-0.05, 0) is 34.4 Å². The fourth-order valence-corrected chi connectivity index (χ4v) is 5.31. The topological polar surface area (TPSA) is 65.1 Å². The number of ether oxygens (including phenoxy) is 1. The molecule has 2 aromatic rings. The third kappa shape index (κ3) is 9.62. The number of urea groups is 1. The van der Waals surface area contributed by atoms with E-state index in [1.54, 1.807) is 7.11 Å². The van der Waals surface area contributed by atoms with Gasteiger partial charge in [-0.2, -0.15) is 0 Å². The maximum Gasteiger partial charge on any atom is 0.321 e. The van der Waals surface area contributed by atoms with E-state index < -0.39 is 0 Å². The Bertz CT molecular complexity index is 1180. The summed E-state index contributed by atoms with van der Waals surface area (Å²) in [5.74, 6) is 1.63. The van der Waals surface area contributed by atoms with E-state index in [4.69, 9.17) is 4.74 Å². The minimum Gasteiger partial charge on any atom is -0.496 e. The molecule has 1 saturated heterocycles. The van der Waals surface area contributed by atoms with Crippen molar-refractivity contribution in [2.45, 2.75) is 66.7 Å². The van der Waals surface area contributed by atoms with Gasteiger partial charge in [-0.15, -0.1) is 0 Å². The Balaban J connectivity index is 1.59. The molecule has 0 saturated carbocycles. The van der Waals surface area contributed by atoms with E-state index >= 15 is 0 Å². The second kappa shape index (κ2) is 15.2. The molecule has 0 bridgehead atoms. The molecule has 1 N–H and O–H groups in total. The van der Waals surface area contributed by atoms with Crippen LogP contribution in [-0.4, -0.2) is 79.6 Å². The average molecular weight is 577 g/mol. The number of amides is 3. The van der Waals surface area contributed by atoms with Crippen molar-refractivity contribution in [2.75, 3.05) is 58.2 Å². The summed E-state index contributed by atoms with van der Waals surface area (Å²) in [5.41, 5.74) is 4.23. The Hall–Kier alpha value is -3.32. The van der Waals surface area contributed by atoms with Crippen molar-refractivity contribution in [3.63, 3.8) is 0 Å². The molecule has 2 aromatic carbocycles. The van der Waals surface area contributed by atoms with Crippen LogP contribution in [0.15, 0.2) is 48.5 Å². The number of anilines is 1. The molecule has 0 atom stereocenters. The van der Waals surface area contributed by atoms with Crippen molar-refractivity contribution in [3.8, 4) is 5.75 Å². The highest BCUT2D eigenvalue weighted by molar-refractivity contribution is 5.91. The van der Waals surface area contributed by atoms with Crippen LogP contribution in [0.2, 0.25) is 0 Å². The van der Waals surface area contributed by atoms with Gasteiger partial charge in [0.25, 0.3) is 0 Å². The average Bonchev–Trinajstić information content (AvgIpc) is 2.94. The lowest BCUT2D eigenvalue weighted by Gasteiger charge is -2.36. The van der Waals surface area contributed by atoms with E-state index in [2.05, 4.69) is 76.9 Å². The molecule has 42 heavy (non-hydrogen) atoms. The second-order valence-corrected chi connectivity index (χ2v) is 13.1. The number of carbonyl (C=O) groups excluding carboxylic acids is 2. The maximum absolute atomic E-state index is 13.3. The van der Waals surface area contributed by atoms with Gasteiger partial charge >= 0.3 is 6.03 Å². The lowest BCUT2D eigenvalue weighted by atomic mass is 9.91. The zero-order valence-electron chi connectivity index (χ0n) is 27.1. The van der Waals surface area contributed by atoms with Gasteiger partial charge in [0.2, 0.25) is 5.91 Å². The summed E-state index contributed by atoms with van der Waals surface area (Å²) < 4.78 is 5.46. The first-order valence-electron chi connectivity index (χ1n) is 15.4. The molecule has 1 aliphatic heterocycles. The smallest absolute Gasteiger partial charge is 0.321 e. The zero-order valence-corrected chi connectivity index (χ0v) is 27.1. The van der Waals surface area contributed by atoms with E-state index in [0.29, 0.717) is 44.4 Å². The van der Waals surface area contributed by atoms with Gasteiger partial charge in [-0.1, -0.05) is 97.0 Å². The number of benzene rings is 2. The Morgan fingerprint density at radius 2 is 1.57 bits per heavy atom. The van der Waals surface area contributed by atoms with E-state index in [-0.39, 0.29) is 17.4 Å². The van der Waals surface area contributed by atoms with Crippen molar-refractivity contribution in [1.82, 2.24) is 14.7 Å². The fraction of sp³-hybridized carbons (Fsp3) is 0.543. The summed E-state index contributed by atoms with van der Waals surface area (Å²) in [5, 5.41) is 3.26. The molecule has 0 spiro atoms. The largest absolute Gasteiger partial charge is 0.496 e. The molecule has 7 heteroatoms. The van der Waals surface area contributed by atoms with Gasteiger partial charge in [0.15, 0.2) is 0 Å². The summed E-state index contributed by atoms with van der Waals surface area (Å²) in [6.45, 7) is 19.8. The predicted octanol–water partition coefficient (Wildman–Crippen LogP) is 7.07. The Morgan fingerprint density at radius 1 is 0.952 bits per heavy atom. The maximum atomic E-state index is 13.3. The van der Waals surface area contributed by atoms with Gasteiger partial charge < -0.3 is 19.9 Å².